The Labute approximate surface area is 195 Å². The van der Waals surface area contributed by atoms with Crippen LogP contribution in [0.25, 0.3) is 0 Å². The van der Waals surface area contributed by atoms with Crippen LogP contribution in [0, 0.1) is 0 Å². The van der Waals surface area contributed by atoms with Gasteiger partial charge in [-0.2, -0.15) is 4.31 Å². The summed E-state index contributed by atoms with van der Waals surface area (Å²) in [6, 6.07) is 9.91. The Morgan fingerprint density at radius 1 is 0.970 bits per heavy atom. The number of anilines is 1. The first-order valence-electron chi connectivity index (χ1n) is 11.4. The van der Waals surface area contributed by atoms with Gasteiger partial charge in [-0.05, 0) is 56.0 Å². The summed E-state index contributed by atoms with van der Waals surface area (Å²) in [6.07, 6.45) is 4.32. The molecule has 0 aliphatic carbocycles. The SMILES string of the molecule is CN(C)c1ccc(OC2CCCN(C(=O)c3ccc(S(=O)(=O)N4CCCCC4)cc3)C2)nn1. The molecule has 2 aliphatic heterocycles. The minimum Gasteiger partial charge on any atom is -0.471 e. The number of piperidine rings is 2. The van der Waals surface area contributed by atoms with Crippen molar-refractivity contribution in [3.8, 4) is 5.88 Å². The first-order valence-corrected chi connectivity index (χ1v) is 12.9. The van der Waals surface area contributed by atoms with Gasteiger partial charge >= 0.3 is 0 Å². The zero-order valence-corrected chi connectivity index (χ0v) is 20.0. The molecule has 2 aliphatic rings. The minimum absolute atomic E-state index is 0.126. The molecule has 9 nitrogen and oxygen atoms in total. The van der Waals surface area contributed by atoms with Gasteiger partial charge in [-0.1, -0.05) is 6.42 Å². The maximum Gasteiger partial charge on any atom is 0.253 e. The maximum atomic E-state index is 13.1. The second kappa shape index (κ2) is 10.0. The summed E-state index contributed by atoms with van der Waals surface area (Å²) >= 11 is 0. The number of aromatic nitrogens is 2. The zero-order valence-electron chi connectivity index (χ0n) is 19.2. The first-order chi connectivity index (χ1) is 15.8. The van der Waals surface area contributed by atoms with E-state index in [0.29, 0.717) is 37.6 Å². The lowest BCUT2D eigenvalue weighted by Crippen LogP contribution is -2.44. The molecule has 1 aromatic carbocycles. The molecule has 1 aromatic heterocycles. The predicted molar refractivity (Wildman–Crippen MR) is 125 cm³/mol. The Morgan fingerprint density at radius 3 is 2.33 bits per heavy atom. The molecule has 1 atom stereocenters. The number of carbonyl (C=O) groups excluding carboxylic acids is 1. The molecule has 2 saturated heterocycles. The lowest BCUT2D eigenvalue weighted by molar-refractivity contribution is 0.0525. The Morgan fingerprint density at radius 2 is 1.70 bits per heavy atom. The van der Waals surface area contributed by atoms with Crippen LogP contribution in [0.2, 0.25) is 0 Å². The summed E-state index contributed by atoms with van der Waals surface area (Å²) < 4.78 is 33.2. The topological polar surface area (TPSA) is 95.9 Å². The van der Waals surface area contributed by atoms with E-state index in [2.05, 4.69) is 10.2 Å². The highest BCUT2D eigenvalue weighted by Gasteiger charge is 2.28. The number of carbonyl (C=O) groups is 1. The molecule has 33 heavy (non-hydrogen) atoms. The number of nitrogens with zero attached hydrogens (tertiary/aromatic N) is 5. The van der Waals surface area contributed by atoms with Crippen molar-refractivity contribution in [3.05, 3.63) is 42.0 Å². The van der Waals surface area contributed by atoms with Crippen molar-refractivity contribution >= 4 is 21.7 Å². The molecule has 0 bridgehead atoms. The number of ether oxygens (including phenoxy) is 1. The van der Waals surface area contributed by atoms with E-state index < -0.39 is 10.0 Å². The third-order valence-electron chi connectivity index (χ3n) is 6.09. The fourth-order valence-electron chi connectivity index (χ4n) is 4.21. The fraction of sp³-hybridized carbons (Fsp3) is 0.522. The summed E-state index contributed by atoms with van der Waals surface area (Å²) in [4.78, 5) is 16.9. The Kier molecular flexibility index (Phi) is 7.14. The van der Waals surface area contributed by atoms with Crippen LogP contribution in [0.4, 0.5) is 5.82 Å². The predicted octanol–water partition coefficient (Wildman–Crippen LogP) is 2.40. The molecular weight excluding hydrogens is 442 g/mol. The number of likely N-dealkylation sites (tertiary alicyclic amines) is 1. The van der Waals surface area contributed by atoms with E-state index in [1.165, 1.54) is 16.4 Å². The zero-order chi connectivity index (χ0) is 23.4. The normalized spacial score (nSPS) is 19.8. The van der Waals surface area contributed by atoms with Crippen LogP contribution < -0.4 is 9.64 Å². The number of sulfonamides is 1. The Hall–Kier alpha value is -2.72. The molecule has 0 saturated carbocycles. The summed E-state index contributed by atoms with van der Waals surface area (Å²) in [7, 11) is 0.279. The van der Waals surface area contributed by atoms with Gasteiger partial charge in [0.1, 0.15) is 6.10 Å². The monoisotopic (exact) mass is 473 g/mol. The van der Waals surface area contributed by atoms with E-state index in [4.69, 9.17) is 4.74 Å². The van der Waals surface area contributed by atoms with Crippen molar-refractivity contribution in [2.75, 3.05) is 45.2 Å². The van der Waals surface area contributed by atoms with Gasteiger partial charge in [-0.3, -0.25) is 4.79 Å². The summed E-state index contributed by atoms with van der Waals surface area (Å²) in [6.45, 7) is 2.20. The van der Waals surface area contributed by atoms with Crippen molar-refractivity contribution in [1.82, 2.24) is 19.4 Å². The van der Waals surface area contributed by atoms with E-state index in [-0.39, 0.29) is 16.9 Å². The smallest absolute Gasteiger partial charge is 0.253 e. The van der Waals surface area contributed by atoms with Gasteiger partial charge in [-0.15, -0.1) is 10.2 Å². The van der Waals surface area contributed by atoms with Gasteiger partial charge in [0, 0.05) is 45.4 Å². The number of amides is 1. The Balaban J connectivity index is 1.39. The molecule has 0 N–H and O–H groups in total. The van der Waals surface area contributed by atoms with E-state index in [9.17, 15) is 13.2 Å². The van der Waals surface area contributed by atoms with Crippen LogP contribution in [0.3, 0.4) is 0 Å². The average molecular weight is 474 g/mol. The van der Waals surface area contributed by atoms with E-state index in [1.807, 2.05) is 25.1 Å². The summed E-state index contributed by atoms with van der Waals surface area (Å²) in [5.74, 6) is 1.06. The highest BCUT2D eigenvalue weighted by molar-refractivity contribution is 7.89. The van der Waals surface area contributed by atoms with Crippen LogP contribution in [0.15, 0.2) is 41.3 Å². The highest BCUT2D eigenvalue weighted by atomic mass is 32.2. The van der Waals surface area contributed by atoms with Crippen LogP contribution in [-0.2, 0) is 10.0 Å². The summed E-state index contributed by atoms with van der Waals surface area (Å²) in [5, 5.41) is 8.24. The van der Waals surface area contributed by atoms with Gasteiger partial charge < -0.3 is 14.5 Å². The van der Waals surface area contributed by atoms with Crippen molar-refractivity contribution in [2.24, 2.45) is 0 Å². The summed E-state index contributed by atoms with van der Waals surface area (Å²) in [5.41, 5.74) is 0.475. The molecule has 4 rings (SSSR count). The molecule has 1 unspecified atom stereocenters. The van der Waals surface area contributed by atoms with Crippen molar-refractivity contribution < 1.29 is 17.9 Å². The number of hydrogen-bond donors (Lipinski definition) is 0. The molecule has 0 spiro atoms. The lowest BCUT2D eigenvalue weighted by Gasteiger charge is -2.32. The van der Waals surface area contributed by atoms with E-state index in [0.717, 1.165) is 37.9 Å². The van der Waals surface area contributed by atoms with Crippen LogP contribution >= 0.6 is 0 Å². The van der Waals surface area contributed by atoms with Crippen molar-refractivity contribution in [3.63, 3.8) is 0 Å². The van der Waals surface area contributed by atoms with Gasteiger partial charge in [0.25, 0.3) is 5.91 Å². The highest BCUT2D eigenvalue weighted by Crippen LogP contribution is 2.23. The van der Waals surface area contributed by atoms with Crippen LogP contribution in [0.5, 0.6) is 5.88 Å². The molecule has 0 radical (unpaired) electrons. The molecule has 10 heteroatoms. The molecule has 1 amide bonds. The molecule has 2 aromatic rings. The molecule has 2 fully saturated rings. The maximum absolute atomic E-state index is 13.1. The second-order valence-corrected chi connectivity index (χ2v) is 10.7. The Bertz CT molecular complexity index is 1050. The minimum atomic E-state index is -3.51. The largest absolute Gasteiger partial charge is 0.471 e. The van der Waals surface area contributed by atoms with E-state index >= 15 is 0 Å². The molecule has 3 heterocycles. The van der Waals surface area contributed by atoms with Gasteiger partial charge in [-0.25, -0.2) is 8.42 Å². The van der Waals surface area contributed by atoms with Crippen LogP contribution in [0.1, 0.15) is 42.5 Å². The number of hydrogen-bond acceptors (Lipinski definition) is 7. The van der Waals surface area contributed by atoms with E-state index in [1.54, 1.807) is 23.1 Å². The lowest BCUT2D eigenvalue weighted by atomic mass is 10.1. The second-order valence-electron chi connectivity index (χ2n) is 8.75. The van der Waals surface area contributed by atoms with Gasteiger partial charge in [0.05, 0.1) is 11.4 Å². The van der Waals surface area contributed by atoms with Crippen LogP contribution in [-0.4, -0.2) is 80.1 Å². The van der Waals surface area contributed by atoms with Gasteiger partial charge in [0.15, 0.2) is 5.82 Å². The average Bonchev–Trinajstić information content (AvgIpc) is 2.85. The third kappa shape index (κ3) is 5.44. The number of rotatable bonds is 6. The fourth-order valence-corrected chi connectivity index (χ4v) is 5.73. The standard InChI is InChI=1S/C23H31N5O4S/c1-26(2)21-12-13-22(25-24-21)32-19-7-6-14-27(17-19)23(29)18-8-10-20(11-9-18)33(30,31)28-15-4-3-5-16-28/h8-13,19H,3-7,14-17H2,1-2H3. The van der Waals surface area contributed by atoms with Crippen molar-refractivity contribution in [1.29, 1.82) is 0 Å². The quantitative estimate of drug-likeness (QED) is 0.636. The molecule has 178 valence electrons. The number of benzene rings is 1. The third-order valence-corrected chi connectivity index (χ3v) is 8.00. The first kappa shape index (κ1) is 23.4. The van der Waals surface area contributed by atoms with Gasteiger partial charge in [0.2, 0.25) is 15.9 Å². The molecular formula is C23H31N5O4S. The van der Waals surface area contributed by atoms with Crippen molar-refractivity contribution in [2.45, 2.75) is 43.1 Å².